The number of thioether (sulfide) groups is 1. The molecule has 0 aliphatic carbocycles. The van der Waals surface area contributed by atoms with Gasteiger partial charge in [-0.1, -0.05) is 0 Å². The van der Waals surface area contributed by atoms with Crippen LogP contribution in [0.1, 0.15) is 36.7 Å². The Labute approximate surface area is 114 Å². The van der Waals surface area contributed by atoms with E-state index in [9.17, 15) is 0 Å². The molecule has 0 amide bonds. The number of likely N-dealkylation sites (tertiary alicyclic amines) is 1. The van der Waals surface area contributed by atoms with Crippen molar-refractivity contribution in [3.63, 3.8) is 0 Å². The maximum Gasteiger partial charge on any atom is 0.0661 e. The number of hydrogen-bond donors (Lipinski definition) is 0. The molecule has 2 fully saturated rings. The summed E-state index contributed by atoms with van der Waals surface area (Å²) < 4.78 is 2.26. The fourth-order valence-corrected chi connectivity index (χ4v) is 4.45. The van der Waals surface area contributed by atoms with E-state index in [1.54, 1.807) is 0 Å². The van der Waals surface area contributed by atoms with Crippen LogP contribution in [0, 0.1) is 13.8 Å². The molecule has 0 N–H and O–H groups in total. The lowest BCUT2D eigenvalue weighted by molar-refractivity contribution is 0.219. The number of aromatic nitrogens is 2. The number of aryl methyl sites for hydroxylation is 2. The highest BCUT2D eigenvalue weighted by Gasteiger charge is 2.30. The van der Waals surface area contributed by atoms with Crippen LogP contribution >= 0.6 is 11.8 Å². The van der Waals surface area contributed by atoms with Crippen LogP contribution in [0.4, 0.5) is 0 Å². The molecule has 1 atom stereocenters. The third-order valence-corrected chi connectivity index (χ3v) is 5.34. The van der Waals surface area contributed by atoms with Crippen LogP contribution < -0.4 is 0 Å². The van der Waals surface area contributed by atoms with Crippen molar-refractivity contribution in [2.45, 2.75) is 45.2 Å². The summed E-state index contributed by atoms with van der Waals surface area (Å²) in [4.78, 5) is 2.71. The Morgan fingerprint density at radius 2 is 1.94 bits per heavy atom. The summed E-state index contributed by atoms with van der Waals surface area (Å²) in [5.41, 5.74) is 2.47. The van der Waals surface area contributed by atoms with E-state index in [1.807, 2.05) is 0 Å². The lowest BCUT2D eigenvalue weighted by Crippen LogP contribution is -2.36. The first-order valence-electron chi connectivity index (χ1n) is 7.08. The van der Waals surface area contributed by atoms with Crippen molar-refractivity contribution in [2.75, 3.05) is 24.6 Å². The van der Waals surface area contributed by atoms with Crippen molar-refractivity contribution >= 4 is 11.8 Å². The fourth-order valence-electron chi connectivity index (χ4n) is 3.37. The molecule has 0 aromatic carbocycles. The second kappa shape index (κ2) is 5.25. The van der Waals surface area contributed by atoms with E-state index in [1.165, 1.54) is 49.6 Å². The minimum Gasteiger partial charge on any atom is -0.298 e. The zero-order chi connectivity index (χ0) is 12.5. The van der Waals surface area contributed by atoms with Crippen molar-refractivity contribution in [3.05, 3.63) is 17.5 Å². The average Bonchev–Trinajstić information content (AvgIpc) is 2.97. The Kier molecular flexibility index (Phi) is 3.66. The molecule has 4 heteroatoms. The molecular weight excluding hydrogens is 242 g/mol. The van der Waals surface area contributed by atoms with Gasteiger partial charge in [-0.25, -0.2) is 0 Å². The van der Waals surface area contributed by atoms with Gasteiger partial charge in [0.05, 0.1) is 11.7 Å². The monoisotopic (exact) mass is 265 g/mol. The molecular formula is C14H23N3S. The van der Waals surface area contributed by atoms with Crippen molar-refractivity contribution in [3.8, 4) is 0 Å². The fraction of sp³-hybridized carbons (Fsp3) is 0.786. The predicted molar refractivity (Wildman–Crippen MR) is 77.3 cm³/mol. The van der Waals surface area contributed by atoms with Crippen LogP contribution in [0.3, 0.4) is 0 Å². The van der Waals surface area contributed by atoms with E-state index in [-0.39, 0.29) is 0 Å². The summed E-state index contributed by atoms with van der Waals surface area (Å²) >= 11 is 2.12. The summed E-state index contributed by atoms with van der Waals surface area (Å²) in [7, 11) is 0. The molecule has 1 unspecified atom stereocenters. The van der Waals surface area contributed by atoms with E-state index in [2.05, 4.69) is 46.4 Å². The highest BCUT2D eigenvalue weighted by molar-refractivity contribution is 7.99. The molecule has 18 heavy (non-hydrogen) atoms. The third-order valence-electron chi connectivity index (χ3n) is 4.29. The Balaban J connectivity index is 1.65. The van der Waals surface area contributed by atoms with Gasteiger partial charge < -0.3 is 0 Å². The van der Waals surface area contributed by atoms with E-state index in [0.717, 1.165) is 11.7 Å². The minimum absolute atomic E-state index is 0.605. The van der Waals surface area contributed by atoms with Crippen LogP contribution in [0.15, 0.2) is 6.07 Å². The van der Waals surface area contributed by atoms with Gasteiger partial charge >= 0.3 is 0 Å². The van der Waals surface area contributed by atoms with Gasteiger partial charge in [0.1, 0.15) is 0 Å². The van der Waals surface area contributed by atoms with Crippen molar-refractivity contribution in [2.24, 2.45) is 0 Å². The van der Waals surface area contributed by atoms with E-state index in [0.29, 0.717) is 6.04 Å². The van der Waals surface area contributed by atoms with Gasteiger partial charge in [-0.15, -0.1) is 0 Å². The zero-order valence-corrected chi connectivity index (χ0v) is 12.2. The van der Waals surface area contributed by atoms with Crippen LogP contribution in [0.2, 0.25) is 0 Å². The summed E-state index contributed by atoms with van der Waals surface area (Å²) in [5.74, 6) is 2.71. The second-order valence-electron chi connectivity index (χ2n) is 5.65. The summed E-state index contributed by atoms with van der Waals surface area (Å²) in [5, 5.41) is 4.66. The van der Waals surface area contributed by atoms with Gasteiger partial charge in [0, 0.05) is 24.8 Å². The van der Waals surface area contributed by atoms with Crippen LogP contribution in [-0.4, -0.2) is 45.3 Å². The molecule has 3 nitrogen and oxygen atoms in total. The average molecular weight is 265 g/mol. The number of hydrogen-bond acceptors (Lipinski definition) is 3. The van der Waals surface area contributed by atoms with Crippen molar-refractivity contribution in [1.82, 2.24) is 14.7 Å². The maximum absolute atomic E-state index is 4.66. The molecule has 0 bridgehead atoms. The van der Waals surface area contributed by atoms with E-state index >= 15 is 0 Å². The first-order chi connectivity index (χ1) is 8.74. The third kappa shape index (κ3) is 2.45. The minimum atomic E-state index is 0.605. The second-order valence-corrected chi connectivity index (χ2v) is 6.88. The molecule has 0 spiro atoms. The lowest BCUT2D eigenvalue weighted by Gasteiger charge is -2.30. The van der Waals surface area contributed by atoms with Crippen molar-refractivity contribution < 1.29 is 0 Å². The molecule has 3 heterocycles. The molecule has 2 saturated heterocycles. The largest absolute Gasteiger partial charge is 0.298 e. The Morgan fingerprint density at radius 3 is 2.61 bits per heavy atom. The standard InChI is InChI=1S/C14H23N3S/c1-11-9-12(2)17(15-11)14-3-6-16(10-14)13-4-7-18-8-5-13/h9,13-14H,3-8,10H2,1-2H3. The van der Waals surface area contributed by atoms with Crippen LogP contribution in [-0.2, 0) is 0 Å². The molecule has 2 aliphatic rings. The molecule has 1 aromatic rings. The summed E-state index contributed by atoms with van der Waals surface area (Å²) in [6.45, 7) is 6.74. The quantitative estimate of drug-likeness (QED) is 0.820. The molecule has 2 aliphatic heterocycles. The zero-order valence-electron chi connectivity index (χ0n) is 11.4. The molecule has 1 aromatic heterocycles. The first kappa shape index (κ1) is 12.5. The normalized spacial score (nSPS) is 26.9. The van der Waals surface area contributed by atoms with E-state index in [4.69, 9.17) is 0 Å². The SMILES string of the molecule is Cc1cc(C)n(C2CCN(C3CCSCC3)C2)n1. The Hall–Kier alpha value is -0.480. The topological polar surface area (TPSA) is 21.1 Å². The number of rotatable bonds is 2. The maximum atomic E-state index is 4.66. The molecule has 0 radical (unpaired) electrons. The Bertz CT molecular complexity index is 409. The molecule has 0 saturated carbocycles. The predicted octanol–water partition coefficient (Wildman–Crippen LogP) is 2.64. The molecule has 3 rings (SSSR count). The Morgan fingerprint density at radius 1 is 1.17 bits per heavy atom. The first-order valence-corrected chi connectivity index (χ1v) is 8.24. The van der Waals surface area contributed by atoms with Crippen LogP contribution in [0.5, 0.6) is 0 Å². The highest BCUT2D eigenvalue weighted by Crippen LogP contribution is 2.29. The van der Waals surface area contributed by atoms with Gasteiger partial charge in [-0.2, -0.15) is 16.9 Å². The van der Waals surface area contributed by atoms with Crippen LogP contribution in [0.25, 0.3) is 0 Å². The summed E-state index contributed by atoms with van der Waals surface area (Å²) in [6, 6.07) is 3.64. The summed E-state index contributed by atoms with van der Waals surface area (Å²) in [6.07, 6.45) is 4.04. The lowest BCUT2D eigenvalue weighted by atomic mass is 10.1. The smallest absolute Gasteiger partial charge is 0.0661 e. The van der Waals surface area contributed by atoms with Crippen molar-refractivity contribution in [1.29, 1.82) is 0 Å². The van der Waals surface area contributed by atoms with Gasteiger partial charge in [0.2, 0.25) is 0 Å². The number of nitrogens with zero attached hydrogens (tertiary/aromatic N) is 3. The van der Waals surface area contributed by atoms with Gasteiger partial charge in [-0.05, 0) is 50.7 Å². The van der Waals surface area contributed by atoms with E-state index < -0.39 is 0 Å². The molecule has 100 valence electrons. The highest BCUT2D eigenvalue weighted by atomic mass is 32.2. The van der Waals surface area contributed by atoms with Gasteiger partial charge in [0.25, 0.3) is 0 Å². The van der Waals surface area contributed by atoms with Gasteiger partial charge in [0.15, 0.2) is 0 Å². The van der Waals surface area contributed by atoms with Gasteiger partial charge in [-0.3, -0.25) is 9.58 Å².